The highest BCUT2D eigenvalue weighted by Gasteiger charge is 2.37. The molecular weight excluding hydrogens is 300 g/mol. The van der Waals surface area contributed by atoms with Gasteiger partial charge >= 0.3 is 0 Å². The van der Waals surface area contributed by atoms with Gasteiger partial charge in [0.05, 0.1) is 17.4 Å². The van der Waals surface area contributed by atoms with Gasteiger partial charge in [-0.3, -0.25) is 9.59 Å². The van der Waals surface area contributed by atoms with Crippen LogP contribution in [-0.2, 0) is 6.54 Å². The predicted octanol–water partition coefficient (Wildman–Crippen LogP) is 1.27. The van der Waals surface area contributed by atoms with Crippen LogP contribution in [0.3, 0.4) is 0 Å². The number of fused-ring (bicyclic) bond motifs is 4. The molecule has 4 rings (SSSR count). The van der Waals surface area contributed by atoms with Crippen molar-refractivity contribution in [3.05, 3.63) is 45.6 Å². The Hall–Kier alpha value is -2.02. The third-order valence-corrected chi connectivity index (χ3v) is 5.24. The fraction of sp³-hybridized carbons (Fsp3) is 0.467. The van der Waals surface area contributed by atoms with Crippen LogP contribution in [0, 0.1) is 12.8 Å². The van der Waals surface area contributed by atoms with E-state index in [2.05, 4.69) is 8.75 Å². The molecule has 0 aromatic carbocycles. The molecule has 7 heteroatoms. The zero-order valence-electron chi connectivity index (χ0n) is 12.2. The van der Waals surface area contributed by atoms with Gasteiger partial charge in [0.25, 0.3) is 11.5 Å². The molecule has 2 aliphatic rings. The molecule has 0 saturated carbocycles. The Morgan fingerprint density at radius 2 is 2.14 bits per heavy atom. The van der Waals surface area contributed by atoms with Crippen molar-refractivity contribution in [2.45, 2.75) is 25.8 Å². The van der Waals surface area contributed by atoms with Crippen molar-refractivity contribution in [3.8, 4) is 0 Å². The molecule has 2 aliphatic heterocycles. The topological polar surface area (TPSA) is 68.1 Å². The maximum Gasteiger partial charge on any atom is 0.275 e. The van der Waals surface area contributed by atoms with E-state index in [0.29, 0.717) is 36.9 Å². The summed E-state index contributed by atoms with van der Waals surface area (Å²) < 4.78 is 10.1. The summed E-state index contributed by atoms with van der Waals surface area (Å²) in [5, 5.41) is 0. The molecule has 2 aromatic rings. The lowest BCUT2D eigenvalue weighted by atomic mass is 9.83. The van der Waals surface area contributed by atoms with Crippen molar-refractivity contribution in [2.24, 2.45) is 5.92 Å². The summed E-state index contributed by atoms with van der Waals surface area (Å²) in [6, 6.07) is 5.42. The van der Waals surface area contributed by atoms with Crippen LogP contribution in [0.15, 0.2) is 23.0 Å². The second kappa shape index (κ2) is 5.01. The van der Waals surface area contributed by atoms with Gasteiger partial charge in [0.2, 0.25) is 0 Å². The van der Waals surface area contributed by atoms with Crippen molar-refractivity contribution in [1.29, 1.82) is 0 Å². The van der Waals surface area contributed by atoms with E-state index < -0.39 is 0 Å². The Labute approximate surface area is 131 Å². The second-order valence-corrected chi connectivity index (χ2v) is 6.63. The number of rotatable bonds is 1. The van der Waals surface area contributed by atoms with Gasteiger partial charge in [-0.15, -0.1) is 0 Å². The molecule has 0 aliphatic carbocycles. The first kappa shape index (κ1) is 13.6. The number of carbonyl (C=O) groups is 1. The van der Waals surface area contributed by atoms with Crippen molar-refractivity contribution in [1.82, 2.24) is 18.2 Å². The lowest BCUT2D eigenvalue weighted by molar-refractivity contribution is 0.0589. The molecule has 2 bridgehead atoms. The van der Waals surface area contributed by atoms with Gasteiger partial charge < -0.3 is 9.47 Å². The zero-order valence-corrected chi connectivity index (χ0v) is 13.0. The number of hydrogen-bond donors (Lipinski definition) is 0. The van der Waals surface area contributed by atoms with E-state index >= 15 is 0 Å². The quantitative estimate of drug-likeness (QED) is 0.794. The molecule has 0 unspecified atom stereocenters. The number of carbonyl (C=O) groups excluding carboxylic acids is 1. The van der Waals surface area contributed by atoms with Crippen molar-refractivity contribution in [3.63, 3.8) is 0 Å². The fourth-order valence-corrected chi connectivity index (χ4v) is 4.18. The van der Waals surface area contributed by atoms with Crippen LogP contribution in [0.4, 0.5) is 0 Å². The Kier molecular flexibility index (Phi) is 3.11. The number of piperidine rings is 1. The molecule has 1 amide bonds. The van der Waals surface area contributed by atoms with Gasteiger partial charge in [-0.05, 0) is 25.3 Å². The summed E-state index contributed by atoms with van der Waals surface area (Å²) in [6.07, 6.45) is 1.04. The van der Waals surface area contributed by atoms with Gasteiger partial charge in [0.1, 0.15) is 0 Å². The molecule has 6 nitrogen and oxygen atoms in total. The smallest absolute Gasteiger partial charge is 0.275 e. The Morgan fingerprint density at radius 1 is 1.27 bits per heavy atom. The first-order valence-electron chi connectivity index (χ1n) is 7.41. The third-order valence-electron chi connectivity index (χ3n) is 4.62. The number of likely N-dealkylation sites (tertiary alicyclic amines) is 1. The van der Waals surface area contributed by atoms with Gasteiger partial charge in [0.15, 0.2) is 5.69 Å². The van der Waals surface area contributed by atoms with Gasteiger partial charge in [-0.1, -0.05) is 6.07 Å². The number of pyridine rings is 1. The first-order valence-corrected chi connectivity index (χ1v) is 8.14. The standard InChI is InChI=1S/C15H16N4O2S/c1-9-14(17-22-16-9)15(21)18-6-10-5-11(8-18)12-3-2-4-13(20)19(12)7-10/h2-4,10-11H,5-8H2,1H3/t10-,11-/m0/s1. The van der Waals surface area contributed by atoms with Crippen molar-refractivity contribution >= 4 is 17.6 Å². The van der Waals surface area contributed by atoms with E-state index in [1.54, 1.807) is 6.07 Å². The van der Waals surface area contributed by atoms with Crippen LogP contribution in [0.1, 0.15) is 34.2 Å². The van der Waals surface area contributed by atoms with E-state index in [1.165, 1.54) is 0 Å². The number of aryl methyl sites for hydroxylation is 1. The molecule has 4 heterocycles. The monoisotopic (exact) mass is 316 g/mol. The van der Waals surface area contributed by atoms with Crippen LogP contribution >= 0.6 is 11.7 Å². The third kappa shape index (κ3) is 2.08. The van der Waals surface area contributed by atoms with Crippen molar-refractivity contribution < 1.29 is 4.79 Å². The maximum absolute atomic E-state index is 12.7. The number of nitrogens with zero attached hydrogens (tertiary/aromatic N) is 4. The Balaban J connectivity index is 1.65. The zero-order chi connectivity index (χ0) is 15.3. The normalized spacial score (nSPS) is 23.2. The number of aromatic nitrogens is 3. The SMILES string of the molecule is Cc1nsnc1C(=O)N1C[C@@H]2C[C@@H](C1)c1cccc(=O)n1C2. The molecule has 2 aromatic heterocycles. The summed E-state index contributed by atoms with van der Waals surface area (Å²) in [7, 11) is 0. The average molecular weight is 316 g/mol. The summed E-state index contributed by atoms with van der Waals surface area (Å²) in [6.45, 7) is 3.85. The Bertz CT molecular complexity index is 797. The van der Waals surface area contributed by atoms with E-state index in [1.807, 2.05) is 28.5 Å². The lowest BCUT2D eigenvalue weighted by Gasteiger charge is -2.42. The van der Waals surface area contributed by atoms with Gasteiger partial charge in [-0.25, -0.2) is 0 Å². The highest BCUT2D eigenvalue weighted by atomic mass is 32.1. The van der Waals surface area contributed by atoms with Gasteiger partial charge in [0, 0.05) is 37.3 Å². The second-order valence-electron chi connectivity index (χ2n) is 6.11. The number of amides is 1. The van der Waals surface area contributed by atoms with Crippen LogP contribution < -0.4 is 5.56 Å². The summed E-state index contributed by atoms with van der Waals surface area (Å²) in [5.74, 6) is 0.534. The summed E-state index contributed by atoms with van der Waals surface area (Å²) >= 11 is 1.08. The maximum atomic E-state index is 12.7. The first-order chi connectivity index (χ1) is 10.6. The molecule has 0 radical (unpaired) electrons. The molecule has 1 saturated heterocycles. The molecule has 22 heavy (non-hydrogen) atoms. The predicted molar refractivity (Wildman–Crippen MR) is 82.1 cm³/mol. The minimum atomic E-state index is -0.0346. The van der Waals surface area contributed by atoms with Crippen LogP contribution in [0.25, 0.3) is 0 Å². The average Bonchev–Trinajstić information content (AvgIpc) is 2.93. The van der Waals surface area contributed by atoms with E-state index in [9.17, 15) is 9.59 Å². The highest BCUT2D eigenvalue weighted by Crippen LogP contribution is 2.35. The molecule has 2 atom stereocenters. The van der Waals surface area contributed by atoms with Crippen molar-refractivity contribution in [2.75, 3.05) is 13.1 Å². The minimum Gasteiger partial charge on any atom is -0.336 e. The van der Waals surface area contributed by atoms with Crippen LogP contribution in [0.2, 0.25) is 0 Å². The van der Waals surface area contributed by atoms with Gasteiger partial charge in [-0.2, -0.15) is 8.75 Å². The Morgan fingerprint density at radius 3 is 2.91 bits per heavy atom. The van der Waals surface area contributed by atoms with E-state index in [0.717, 1.165) is 23.8 Å². The molecular formula is C15H16N4O2S. The summed E-state index contributed by atoms with van der Waals surface area (Å²) in [4.78, 5) is 26.5. The molecule has 114 valence electrons. The van der Waals surface area contributed by atoms with Crippen LogP contribution in [-0.4, -0.2) is 37.2 Å². The molecule has 0 N–H and O–H groups in total. The largest absolute Gasteiger partial charge is 0.336 e. The molecule has 0 spiro atoms. The highest BCUT2D eigenvalue weighted by molar-refractivity contribution is 6.99. The summed E-state index contributed by atoms with van der Waals surface area (Å²) in [5.41, 5.74) is 2.28. The van der Waals surface area contributed by atoms with Crippen LogP contribution in [0.5, 0.6) is 0 Å². The lowest BCUT2D eigenvalue weighted by Crippen LogP contribution is -2.49. The van der Waals surface area contributed by atoms with E-state index in [4.69, 9.17) is 0 Å². The van der Waals surface area contributed by atoms with E-state index in [-0.39, 0.29) is 17.4 Å². The number of hydrogen-bond acceptors (Lipinski definition) is 5. The molecule has 1 fully saturated rings. The minimum absolute atomic E-state index is 0.0346. The fourth-order valence-electron chi connectivity index (χ4n) is 3.64.